The number of nitrogens with zero attached hydrogens (tertiary/aromatic N) is 1. The van der Waals surface area contributed by atoms with Crippen molar-refractivity contribution in [3.05, 3.63) is 35.4 Å². The summed E-state index contributed by atoms with van der Waals surface area (Å²) in [5.41, 5.74) is 2.69. The monoisotopic (exact) mass is 211 g/mol. The summed E-state index contributed by atoms with van der Waals surface area (Å²) >= 11 is 0. The molecule has 16 heavy (non-hydrogen) atoms. The van der Waals surface area contributed by atoms with Gasteiger partial charge in [0.05, 0.1) is 11.6 Å². The Morgan fingerprint density at radius 1 is 1.44 bits per heavy atom. The molecule has 0 spiro atoms. The van der Waals surface area contributed by atoms with Gasteiger partial charge in [-0.05, 0) is 60.6 Å². The predicted octanol–water partition coefficient (Wildman–Crippen LogP) is 3.64. The Kier molecular flexibility index (Phi) is 2.07. The standard InChI is InChI=1S/C15H17N/c1-11-5-6-15(9-14(15)7-11)13-4-2-3-12(8-13)10-16/h2-4,8,11,14H,5-7,9H2,1H3/t11-,14?,15?/m1/s1. The third kappa shape index (κ3) is 1.37. The van der Waals surface area contributed by atoms with Crippen molar-refractivity contribution in [2.45, 2.75) is 38.0 Å². The fourth-order valence-corrected chi connectivity index (χ4v) is 3.50. The van der Waals surface area contributed by atoms with Crippen molar-refractivity contribution in [2.75, 3.05) is 0 Å². The molecule has 2 unspecified atom stereocenters. The van der Waals surface area contributed by atoms with Crippen LogP contribution in [-0.4, -0.2) is 0 Å². The smallest absolute Gasteiger partial charge is 0.0991 e. The van der Waals surface area contributed by atoms with Crippen LogP contribution in [0.2, 0.25) is 0 Å². The molecule has 0 saturated heterocycles. The van der Waals surface area contributed by atoms with Gasteiger partial charge in [0.1, 0.15) is 0 Å². The van der Waals surface area contributed by atoms with Crippen molar-refractivity contribution in [2.24, 2.45) is 11.8 Å². The first-order chi connectivity index (χ1) is 7.74. The average molecular weight is 211 g/mol. The molecule has 1 aromatic rings. The molecule has 3 rings (SSSR count). The van der Waals surface area contributed by atoms with E-state index < -0.39 is 0 Å². The largest absolute Gasteiger partial charge is 0.192 e. The summed E-state index contributed by atoms with van der Waals surface area (Å²) in [6, 6.07) is 10.5. The first-order valence-corrected chi connectivity index (χ1v) is 6.25. The molecule has 1 nitrogen and oxygen atoms in total. The third-order valence-corrected chi connectivity index (χ3v) is 4.57. The van der Waals surface area contributed by atoms with Gasteiger partial charge in [0.2, 0.25) is 0 Å². The highest BCUT2D eigenvalue weighted by Crippen LogP contribution is 2.63. The summed E-state index contributed by atoms with van der Waals surface area (Å²) in [5, 5.41) is 8.95. The maximum Gasteiger partial charge on any atom is 0.0991 e. The van der Waals surface area contributed by atoms with Gasteiger partial charge in [0.25, 0.3) is 0 Å². The van der Waals surface area contributed by atoms with Gasteiger partial charge in [-0.15, -0.1) is 0 Å². The van der Waals surface area contributed by atoms with E-state index in [1.165, 1.54) is 31.2 Å². The topological polar surface area (TPSA) is 23.8 Å². The summed E-state index contributed by atoms with van der Waals surface area (Å²) in [6.45, 7) is 2.37. The molecule has 3 atom stereocenters. The molecule has 0 aromatic heterocycles. The zero-order valence-corrected chi connectivity index (χ0v) is 9.74. The second kappa shape index (κ2) is 3.35. The Bertz CT molecular complexity index is 457. The highest BCUT2D eigenvalue weighted by atomic mass is 14.6. The quantitative estimate of drug-likeness (QED) is 0.695. The summed E-state index contributed by atoms with van der Waals surface area (Å²) in [4.78, 5) is 0. The number of fused-ring (bicyclic) bond motifs is 1. The van der Waals surface area contributed by atoms with Crippen LogP contribution >= 0.6 is 0 Å². The maximum absolute atomic E-state index is 8.95. The molecule has 2 fully saturated rings. The molecule has 0 heterocycles. The van der Waals surface area contributed by atoms with Gasteiger partial charge >= 0.3 is 0 Å². The van der Waals surface area contributed by atoms with Crippen LogP contribution in [0.15, 0.2) is 24.3 Å². The van der Waals surface area contributed by atoms with Crippen LogP contribution in [0.25, 0.3) is 0 Å². The molecule has 2 aliphatic rings. The van der Waals surface area contributed by atoms with E-state index in [1.807, 2.05) is 12.1 Å². The molecular formula is C15H17N. The first-order valence-electron chi connectivity index (χ1n) is 6.25. The lowest BCUT2D eigenvalue weighted by Gasteiger charge is -2.26. The highest BCUT2D eigenvalue weighted by molar-refractivity contribution is 5.41. The van der Waals surface area contributed by atoms with E-state index in [1.54, 1.807) is 0 Å². The molecule has 0 bridgehead atoms. The highest BCUT2D eigenvalue weighted by Gasteiger charge is 2.56. The van der Waals surface area contributed by atoms with E-state index in [0.717, 1.165) is 17.4 Å². The van der Waals surface area contributed by atoms with Gasteiger partial charge in [0.15, 0.2) is 0 Å². The molecule has 0 N–H and O–H groups in total. The van der Waals surface area contributed by atoms with Crippen LogP contribution in [0.3, 0.4) is 0 Å². The molecule has 82 valence electrons. The summed E-state index contributed by atoms with van der Waals surface area (Å²) in [7, 11) is 0. The zero-order chi connectivity index (χ0) is 11.2. The van der Waals surface area contributed by atoms with Crippen molar-refractivity contribution in [3.8, 4) is 6.07 Å². The SMILES string of the molecule is C[C@@H]1CCC2(c3cccc(C#N)c3)CC2C1. The third-order valence-electron chi connectivity index (χ3n) is 4.57. The summed E-state index contributed by atoms with van der Waals surface area (Å²) in [6.07, 6.45) is 5.42. The lowest BCUT2D eigenvalue weighted by atomic mass is 9.78. The van der Waals surface area contributed by atoms with Crippen LogP contribution in [-0.2, 0) is 5.41 Å². The Hall–Kier alpha value is -1.29. The van der Waals surface area contributed by atoms with E-state index in [9.17, 15) is 0 Å². The molecule has 0 aliphatic heterocycles. The molecule has 0 amide bonds. The minimum atomic E-state index is 0.458. The predicted molar refractivity (Wildman–Crippen MR) is 64.0 cm³/mol. The van der Waals surface area contributed by atoms with Crippen LogP contribution in [0, 0.1) is 23.2 Å². The Morgan fingerprint density at radius 3 is 3.06 bits per heavy atom. The number of rotatable bonds is 1. The molecule has 1 heteroatoms. The van der Waals surface area contributed by atoms with Crippen molar-refractivity contribution >= 4 is 0 Å². The van der Waals surface area contributed by atoms with Crippen LogP contribution in [0.4, 0.5) is 0 Å². The lowest BCUT2D eigenvalue weighted by molar-refractivity contribution is 0.337. The number of hydrogen-bond donors (Lipinski definition) is 0. The van der Waals surface area contributed by atoms with Crippen LogP contribution < -0.4 is 0 Å². The van der Waals surface area contributed by atoms with Gasteiger partial charge < -0.3 is 0 Å². The number of hydrogen-bond acceptors (Lipinski definition) is 1. The van der Waals surface area contributed by atoms with Crippen LogP contribution in [0.5, 0.6) is 0 Å². The van der Waals surface area contributed by atoms with E-state index in [0.29, 0.717) is 5.41 Å². The molecular weight excluding hydrogens is 194 g/mol. The van der Waals surface area contributed by atoms with E-state index in [2.05, 4.69) is 25.1 Å². The van der Waals surface area contributed by atoms with Gasteiger partial charge in [0, 0.05) is 0 Å². The van der Waals surface area contributed by atoms with E-state index >= 15 is 0 Å². The van der Waals surface area contributed by atoms with Crippen molar-refractivity contribution in [1.82, 2.24) is 0 Å². The normalized spacial score (nSPS) is 36.2. The van der Waals surface area contributed by atoms with Crippen molar-refractivity contribution in [1.29, 1.82) is 5.26 Å². The van der Waals surface area contributed by atoms with E-state index in [4.69, 9.17) is 5.26 Å². The molecule has 2 saturated carbocycles. The zero-order valence-electron chi connectivity index (χ0n) is 9.74. The van der Waals surface area contributed by atoms with Crippen LogP contribution in [0.1, 0.15) is 43.7 Å². The lowest BCUT2D eigenvalue weighted by Crippen LogP contribution is -2.18. The Balaban J connectivity index is 1.91. The van der Waals surface area contributed by atoms with E-state index in [-0.39, 0.29) is 0 Å². The summed E-state index contributed by atoms with van der Waals surface area (Å²) in [5.74, 6) is 1.80. The molecule has 1 aromatic carbocycles. The van der Waals surface area contributed by atoms with Gasteiger partial charge in [-0.3, -0.25) is 0 Å². The average Bonchev–Trinajstić information content (AvgIpc) is 3.04. The number of nitriles is 1. The molecule has 0 radical (unpaired) electrons. The van der Waals surface area contributed by atoms with Crippen molar-refractivity contribution < 1.29 is 0 Å². The van der Waals surface area contributed by atoms with Gasteiger partial charge in [-0.1, -0.05) is 19.1 Å². The maximum atomic E-state index is 8.95. The minimum absolute atomic E-state index is 0.458. The fraction of sp³-hybridized carbons (Fsp3) is 0.533. The second-order valence-corrected chi connectivity index (χ2v) is 5.63. The Morgan fingerprint density at radius 2 is 2.31 bits per heavy atom. The van der Waals surface area contributed by atoms with Gasteiger partial charge in [-0.2, -0.15) is 5.26 Å². The molecule has 2 aliphatic carbocycles. The van der Waals surface area contributed by atoms with Crippen molar-refractivity contribution in [3.63, 3.8) is 0 Å². The Labute approximate surface area is 97.1 Å². The minimum Gasteiger partial charge on any atom is -0.192 e. The second-order valence-electron chi connectivity index (χ2n) is 5.63. The fourth-order valence-electron chi connectivity index (χ4n) is 3.50. The first kappa shape index (κ1) is 9.90. The summed E-state index contributed by atoms with van der Waals surface area (Å²) < 4.78 is 0. The van der Waals surface area contributed by atoms with Gasteiger partial charge in [-0.25, -0.2) is 0 Å². The number of benzene rings is 1.